The molecule has 0 radical (unpaired) electrons. The van der Waals surface area contributed by atoms with Crippen LogP contribution in [-0.4, -0.2) is 48.0 Å². The maximum atomic E-state index is 13.5. The van der Waals surface area contributed by atoms with E-state index in [-0.39, 0.29) is 24.4 Å². The number of Topliss-reactive ketones (excluding diaryl/α,β-unsaturated/α-hetero) is 1. The van der Waals surface area contributed by atoms with Crippen LogP contribution < -0.4 is 0 Å². The van der Waals surface area contributed by atoms with Crippen molar-refractivity contribution in [1.82, 2.24) is 4.90 Å². The first kappa shape index (κ1) is 19.9. The number of hydrogen-bond acceptors (Lipinski definition) is 4. The van der Waals surface area contributed by atoms with Gasteiger partial charge >= 0.3 is 0 Å². The molecule has 2 fully saturated rings. The van der Waals surface area contributed by atoms with Crippen LogP contribution in [0.4, 0.5) is 0 Å². The normalized spacial score (nSPS) is 21.4. The molecular formula is C26H25NO4. The molecule has 31 heavy (non-hydrogen) atoms. The highest BCUT2D eigenvalue weighted by molar-refractivity contribution is 5.93. The van der Waals surface area contributed by atoms with Gasteiger partial charge in [-0.15, -0.1) is 0 Å². The zero-order chi connectivity index (χ0) is 21.2. The number of rotatable bonds is 6. The summed E-state index contributed by atoms with van der Waals surface area (Å²) in [4.78, 5) is 27.5. The van der Waals surface area contributed by atoms with Crippen LogP contribution in [0.1, 0.15) is 17.5 Å². The molecule has 1 amide bonds. The fraction of sp³-hybridized carbons (Fsp3) is 0.308. The number of carbonyl (C=O) groups is 2. The summed E-state index contributed by atoms with van der Waals surface area (Å²) in [6.45, 7) is 0.957. The van der Waals surface area contributed by atoms with Crippen LogP contribution in [-0.2, 0) is 32.1 Å². The molecule has 3 aromatic rings. The third-order valence-corrected chi connectivity index (χ3v) is 6.25. The van der Waals surface area contributed by atoms with E-state index in [1.807, 2.05) is 54.6 Å². The third kappa shape index (κ3) is 3.99. The molecule has 3 atom stereocenters. The van der Waals surface area contributed by atoms with Crippen molar-refractivity contribution < 1.29 is 19.1 Å². The van der Waals surface area contributed by atoms with Crippen molar-refractivity contribution in [3.05, 3.63) is 83.9 Å². The summed E-state index contributed by atoms with van der Waals surface area (Å²) in [7, 11) is 0. The van der Waals surface area contributed by atoms with Gasteiger partial charge in [-0.3, -0.25) is 9.59 Å². The van der Waals surface area contributed by atoms with Gasteiger partial charge in [0.25, 0.3) is 5.91 Å². The number of ether oxygens (including phenoxy) is 2. The second kappa shape index (κ2) is 8.61. The zero-order valence-corrected chi connectivity index (χ0v) is 17.3. The zero-order valence-electron chi connectivity index (χ0n) is 17.3. The molecule has 3 unspecified atom stereocenters. The van der Waals surface area contributed by atoms with Crippen LogP contribution in [0.15, 0.2) is 72.8 Å². The smallest absolute Gasteiger partial charge is 0.252 e. The Kier molecular flexibility index (Phi) is 5.53. The Morgan fingerprint density at radius 1 is 1.03 bits per heavy atom. The predicted octanol–water partition coefficient (Wildman–Crippen LogP) is 3.54. The average molecular weight is 415 g/mol. The molecule has 158 valence electrons. The Balaban J connectivity index is 1.39. The number of likely N-dealkylation sites (tertiary alicyclic amines) is 1. The van der Waals surface area contributed by atoms with Gasteiger partial charge in [0.1, 0.15) is 18.8 Å². The van der Waals surface area contributed by atoms with Crippen LogP contribution >= 0.6 is 0 Å². The first-order valence-corrected chi connectivity index (χ1v) is 10.8. The molecule has 0 spiro atoms. The fourth-order valence-electron chi connectivity index (χ4n) is 4.68. The monoisotopic (exact) mass is 415 g/mol. The lowest BCUT2D eigenvalue weighted by atomic mass is 10.0. The number of carbonyl (C=O) groups excluding carboxylic acids is 2. The van der Waals surface area contributed by atoms with E-state index in [4.69, 9.17) is 9.47 Å². The van der Waals surface area contributed by atoms with E-state index in [0.717, 1.165) is 21.9 Å². The quantitative estimate of drug-likeness (QED) is 0.618. The van der Waals surface area contributed by atoms with E-state index in [1.165, 1.54) is 0 Å². The number of amides is 1. The molecule has 0 bridgehead atoms. The SMILES string of the molecule is O=C1COC2CCN(C(=O)C(Cc3ccccc3)OCc3cccc4ccccc34)C12. The van der Waals surface area contributed by atoms with E-state index >= 15 is 0 Å². The van der Waals surface area contributed by atoms with Gasteiger partial charge < -0.3 is 14.4 Å². The standard InChI is InChI=1S/C26H25NO4/c28-22-17-31-23-13-14-27(25(22)23)26(29)24(15-18-7-2-1-3-8-18)30-16-20-11-6-10-19-9-4-5-12-21(19)20/h1-12,23-25H,13-17H2. The van der Waals surface area contributed by atoms with Crippen LogP contribution in [0, 0.1) is 0 Å². The highest BCUT2D eigenvalue weighted by Gasteiger charge is 2.48. The third-order valence-electron chi connectivity index (χ3n) is 6.25. The lowest BCUT2D eigenvalue weighted by molar-refractivity contribution is -0.147. The van der Waals surface area contributed by atoms with Gasteiger partial charge in [-0.2, -0.15) is 0 Å². The lowest BCUT2D eigenvalue weighted by Gasteiger charge is -2.27. The Morgan fingerprint density at radius 3 is 2.68 bits per heavy atom. The summed E-state index contributed by atoms with van der Waals surface area (Å²) in [5.74, 6) is -0.140. The number of nitrogens with zero attached hydrogens (tertiary/aromatic N) is 1. The minimum Gasteiger partial charge on any atom is -0.368 e. The fourth-order valence-corrected chi connectivity index (χ4v) is 4.68. The van der Waals surface area contributed by atoms with Crippen molar-refractivity contribution in [3.63, 3.8) is 0 Å². The molecule has 2 aliphatic rings. The minimum atomic E-state index is -0.659. The lowest BCUT2D eigenvalue weighted by Crippen LogP contribution is -2.47. The van der Waals surface area contributed by atoms with Crippen molar-refractivity contribution in [3.8, 4) is 0 Å². The van der Waals surface area contributed by atoms with Crippen molar-refractivity contribution in [2.24, 2.45) is 0 Å². The van der Waals surface area contributed by atoms with Gasteiger partial charge in [0.05, 0.1) is 12.7 Å². The highest BCUT2D eigenvalue weighted by atomic mass is 16.5. The van der Waals surface area contributed by atoms with E-state index < -0.39 is 12.1 Å². The Labute approximate surface area is 181 Å². The van der Waals surface area contributed by atoms with E-state index in [2.05, 4.69) is 18.2 Å². The molecule has 2 aliphatic heterocycles. The molecule has 3 aromatic carbocycles. The molecule has 0 aliphatic carbocycles. The number of fused-ring (bicyclic) bond motifs is 2. The first-order chi connectivity index (χ1) is 15.2. The molecule has 2 saturated heterocycles. The second-order valence-corrected chi connectivity index (χ2v) is 8.21. The van der Waals surface area contributed by atoms with E-state index in [0.29, 0.717) is 26.0 Å². The molecule has 5 rings (SSSR count). The summed E-state index contributed by atoms with van der Waals surface area (Å²) in [5, 5.41) is 2.27. The molecule has 5 heteroatoms. The largest absolute Gasteiger partial charge is 0.368 e. The predicted molar refractivity (Wildman–Crippen MR) is 118 cm³/mol. The topological polar surface area (TPSA) is 55.8 Å². The second-order valence-electron chi connectivity index (χ2n) is 8.21. The van der Waals surface area contributed by atoms with Crippen molar-refractivity contribution >= 4 is 22.5 Å². The van der Waals surface area contributed by atoms with Crippen LogP contribution in [0.25, 0.3) is 10.8 Å². The summed E-state index contributed by atoms with van der Waals surface area (Å²) in [6, 6.07) is 23.7. The summed E-state index contributed by atoms with van der Waals surface area (Å²) >= 11 is 0. The molecule has 0 aromatic heterocycles. The van der Waals surface area contributed by atoms with Gasteiger partial charge in [0, 0.05) is 13.0 Å². The average Bonchev–Trinajstić information content (AvgIpc) is 3.40. The Hall–Kier alpha value is -3.02. The first-order valence-electron chi connectivity index (χ1n) is 10.8. The van der Waals surface area contributed by atoms with E-state index in [1.54, 1.807) is 4.90 Å². The summed E-state index contributed by atoms with van der Waals surface area (Å²) < 4.78 is 11.8. The van der Waals surface area contributed by atoms with Gasteiger partial charge in [-0.1, -0.05) is 72.8 Å². The van der Waals surface area contributed by atoms with Gasteiger partial charge in [-0.25, -0.2) is 0 Å². The maximum absolute atomic E-state index is 13.5. The van der Waals surface area contributed by atoms with E-state index in [9.17, 15) is 9.59 Å². The minimum absolute atomic E-state index is 0.0108. The Morgan fingerprint density at radius 2 is 1.81 bits per heavy atom. The van der Waals surface area contributed by atoms with Crippen LogP contribution in [0.2, 0.25) is 0 Å². The van der Waals surface area contributed by atoms with Crippen LogP contribution in [0.3, 0.4) is 0 Å². The molecule has 0 N–H and O–H groups in total. The summed E-state index contributed by atoms with van der Waals surface area (Å²) in [5.41, 5.74) is 2.08. The number of benzene rings is 3. The highest BCUT2D eigenvalue weighted by Crippen LogP contribution is 2.29. The maximum Gasteiger partial charge on any atom is 0.252 e. The number of ketones is 1. The molecule has 0 saturated carbocycles. The summed E-state index contributed by atoms with van der Waals surface area (Å²) in [6.07, 6.45) is 0.331. The van der Waals surface area contributed by atoms with Crippen molar-refractivity contribution in [1.29, 1.82) is 0 Å². The molecule has 2 heterocycles. The van der Waals surface area contributed by atoms with Crippen molar-refractivity contribution in [2.75, 3.05) is 13.2 Å². The van der Waals surface area contributed by atoms with Crippen molar-refractivity contribution in [2.45, 2.75) is 37.7 Å². The van der Waals surface area contributed by atoms with Gasteiger partial charge in [0.15, 0.2) is 5.78 Å². The van der Waals surface area contributed by atoms with Crippen LogP contribution in [0.5, 0.6) is 0 Å². The molecular weight excluding hydrogens is 390 g/mol. The Bertz CT molecular complexity index is 1090. The number of hydrogen-bond donors (Lipinski definition) is 0. The molecule has 5 nitrogen and oxygen atoms in total. The van der Waals surface area contributed by atoms with Gasteiger partial charge in [-0.05, 0) is 28.3 Å². The van der Waals surface area contributed by atoms with Gasteiger partial charge in [0.2, 0.25) is 0 Å².